The molecular weight excluding hydrogens is 586 g/mol. The molecule has 0 saturated heterocycles. The Morgan fingerprint density at radius 3 is 1.23 bits per heavy atom. The smallest absolute Gasteiger partial charge is 0.411 e. The number of nitrogens with two attached hydrogens (primary N) is 2. The van der Waals surface area contributed by atoms with Gasteiger partial charge in [-0.2, -0.15) is 26.3 Å². The number of carboxylic acids is 2. The van der Waals surface area contributed by atoms with Crippen molar-refractivity contribution in [2.24, 2.45) is 0 Å². The summed E-state index contributed by atoms with van der Waals surface area (Å²) in [5.41, 5.74) is 1.28. The van der Waals surface area contributed by atoms with Gasteiger partial charge in [0.2, 0.25) is 5.41 Å². The number of hydrogen-bond donors (Lipinski definition) is 4. The van der Waals surface area contributed by atoms with Crippen LogP contribution in [0, 0.1) is 0 Å². The number of halogens is 6. The van der Waals surface area contributed by atoms with Crippen molar-refractivity contribution in [3.05, 3.63) is 107 Å². The number of carbonyl (C=O) groups is 2. The standard InChI is InChI=1S/C29H20F6N2O6/c30-28(31,32)27(29(33,34)35,17-9-15(25(38)39)11-19(13-17)42-23-7-3-1-5-21(23)36)18-10-16(26(40)41)12-20(14-18)43-24-8-4-2-6-22(24)37/h1-14H,36-37H2,(H,38,39)(H,40,41). The molecule has 0 bridgehead atoms. The molecule has 0 fully saturated rings. The van der Waals surface area contributed by atoms with Gasteiger partial charge < -0.3 is 31.2 Å². The van der Waals surface area contributed by atoms with Gasteiger partial charge in [0.05, 0.1) is 22.5 Å². The first-order chi connectivity index (χ1) is 20.0. The van der Waals surface area contributed by atoms with E-state index in [0.717, 1.165) is 12.1 Å². The lowest BCUT2D eigenvalue weighted by Crippen LogP contribution is -2.55. The largest absolute Gasteiger partial charge is 0.478 e. The van der Waals surface area contributed by atoms with Gasteiger partial charge in [0.15, 0.2) is 0 Å². The summed E-state index contributed by atoms with van der Waals surface area (Å²) in [5, 5.41) is 19.2. The minimum absolute atomic E-state index is 0.0428. The number of benzene rings is 4. The van der Waals surface area contributed by atoms with Crippen LogP contribution in [0.1, 0.15) is 31.8 Å². The predicted octanol–water partition coefficient (Wildman–Crippen LogP) is 7.24. The lowest BCUT2D eigenvalue weighted by atomic mass is 9.72. The average Bonchev–Trinajstić information content (AvgIpc) is 2.90. The number of hydrogen-bond acceptors (Lipinski definition) is 6. The molecule has 0 saturated carbocycles. The van der Waals surface area contributed by atoms with Gasteiger partial charge in [-0.3, -0.25) is 0 Å². The maximum Gasteiger partial charge on any atom is 0.411 e. The summed E-state index contributed by atoms with van der Waals surface area (Å²) in [6.07, 6.45) is -12.4. The summed E-state index contributed by atoms with van der Waals surface area (Å²) in [6.45, 7) is 0. The summed E-state index contributed by atoms with van der Waals surface area (Å²) in [4.78, 5) is 23.7. The molecule has 0 aliphatic rings. The van der Waals surface area contributed by atoms with Crippen LogP contribution in [0.3, 0.4) is 0 Å². The molecule has 0 heterocycles. The SMILES string of the molecule is Nc1ccccc1Oc1cc(C(=O)O)cc(C(c2cc(Oc3ccccc3N)cc(C(=O)O)c2)(C(F)(F)F)C(F)(F)F)c1. The zero-order valence-electron chi connectivity index (χ0n) is 21.5. The van der Waals surface area contributed by atoms with E-state index in [1.807, 2.05) is 0 Å². The second-order valence-corrected chi connectivity index (χ2v) is 9.13. The second kappa shape index (κ2) is 11.1. The van der Waals surface area contributed by atoms with Crippen LogP contribution in [0.25, 0.3) is 0 Å². The van der Waals surface area contributed by atoms with Crippen LogP contribution in [0.5, 0.6) is 23.0 Å². The van der Waals surface area contributed by atoms with Crippen molar-refractivity contribution in [1.82, 2.24) is 0 Å². The molecule has 224 valence electrons. The van der Waals surface area contributed by atoms with Gasteiger partial charge in [-0.05, 0) is 71.8 Å². The molecule has 0 radical (unpaired) electrons. The Bertz CT molecular complexity index is 1580. The van der Waals surface area contributed by atoms with Gasteiger partial charge in [-0.15, -0.1) is 0 Å². The number of nitrogen functional groups attached to an aromatic ring is 2. The van der Waals surface area contributed by atoms with Crippen molar-refractivity contribution in [3.63, 3.8) is 0 Å². The molecule has 14 heteroatoms. The Balaban J connectivity index is 2.06. The Kier molecular flexibility index (Phi) is 7.90. The quantitative estimate of drug-likeness (QED) is 0.121. The minimum Gasteiger partial charge on any atom is -0.478 e. The minimum atomic E-state index is -6.22. The zero-order valence-corrected chi connectivity index (χ0v) is 21.5. The highest BCUT2D eigenvalue weighted by atomic mass is 19.4. The van der Waals surface area contributed by atoms with Crippen LogP contribution in [-0.4, -0.2) is 34.5 Å². The highest BCUT2D eigenvalue weighted by Gasteiger charge is 2.73. The summed E-state index contributed by atoms with van der Waals surface area (Å²) in [6, 6.07) is 13.5. The summed E-state index contributed by atoms with van der Waals surface area (Å²) in [5.74, 6) is -5.51. The molecule has 4 aromatic carbocycles. The summed E-state index contributed by atoms with van der Waals surface area (Å²) < 4.78 is 101. The predicted molar refractivity (Wildman–Crippen MR) is 142 cm³/mol. The van der Waals surface area contributed by atoms with Gasteiger partial charge in [-0.1, -0.05) is 24.3 Å². The van der Waals surface area contributed by atoms with E-state index >= 15 is 26.3 Å². The van der Waals surface area contributed by atoms with Crippen molar-refractivity contribution in [2.45, 2.75) is 17.8 Å². The van der Waals surface area contributed by atoms with Gasteiger partial charge in [-0.25, -0.2) is 9.59 Å². The highest BCUT2D eigenvalue weighted by molar-refractivity contribution is 5.89. The molecule has 0 atom stereocenters. The number of alkyl halides is 6. The Labute approximate surface area is 238 Å². The van der Waals surface area contributed by atoms with E-state index in [9.17, 15) is 19.8 Å². The fraction of sp³-hybridized carbons (Fsp3) is 0.103. The van der Waals surface area contributed by atoms with Gasteiger partial charge in [0.1, 0.15) is 23.0 Å². The molecule has 6 N–H and O–H groups in total. The maximum atomic E-state index is 15.0. The number of carboxylic acid groups (broad SMARTS) is 2. The van der Waals surface area contributed by atoms with Crippen molar-refractivity contribution in [1.29, 1.82) is 0 Å². The van der Waals surface area contributed by atoms with Gasteiger partial charge in [0.25, 0.3) is 0 Å². The van der Waals surface area contributed by atoms with E-state index in [0.29, 0.717) is 12.1 Å². The topological polar surface area (TPSA) is 145 Å². The van der Waals surface area contributed by atoms with Crippen LogP contribution in [0.15, 0.2) is 84.9 Å². The maximum absolute atomic E-state index is 15.0. The second-order valence-electron chi connectivity index (χ2n) is 9.13. The lowest BCUT2D eigenvalue weighted by Gasteiger charge is -2.38. The number of ether oxygens (including phenoxy) is 2. The van der Waals surface area contributed by atoms with Crippen LogP contribution < -0.4 is 20.9 Å². The van der Waals surface area contributed by atoms with E-state index in [1.54, 1.807) is 0 Å². The molecule has 0 amide bonds. The van der Waals surface area contributed by atoms with E-state index in [4.69, 9.17) is 20.9 Å². The molecule has 0 spiro atoms. The Morgan fingerprint density at radius 1 is 0.581 bits per heavy atom. The number of rotatable bonds is 8. The fourth-order valence-electron chi connectivity index (χ4n) is 4.38. The van der Waals surface area contributed by atoms with E-state index in [-0.39, 0.29) is 35.0 Å². The molecule has 4 aromatic rings. The van der Waals surface area contributed by atoms with E-state index in [1.165, 1.54) is 48.5 Å². The monoisotopic (exact) mass is 606 g/mol. The first kappa shape index (κ1) is 30.6. The normalized spacial score (nSPS) is 12.0. The summed E-state index contributed by atoms with van der Waals surface area (Å²) >= 11 is 0. The van der Waals surface area contributed by atoms with Crippen LogP contribution >= 0.6 is 0 Å². The lowest BCUT2D eigenvalue weighted by molar-refractivity contribution is -0.288. The first-order valence-corrected chi connectivity index (χ1v) is 12.0. The Morgan fingerprint density at radius 2 is 0.930 bits per heavy atom. The number of para-hydroxylation sites is 4. The molecule has 43 heavy (non-hydrogen) atoms. The number of anilines is 2. The van der Waals surface area contributed by atoms with Gasteiger partial charge >= 0.3 is 24.3 Å². The van der Waals surface area contributed by atoms with Crippen molar-refractivity contribution in [3.8, 4) is 23.0 Å². The van der Waals surface area contributed by atoms with Crippen molar-refractivity contribution >= 4 is 23.3 Å². The number of aromatic carboxylic acids is 2. The molecule has 0 unspecified atom stereocenters. The van der Waals surface area contributed by atoms with Crippen LogP contribution in [0.4, 0.5) is 37.7 Å². The molecular formula is C29H20F6N2O6. The third-order valence-electron chi connectivity index (χ3n) is 6.32. The third-order valence-corrected chi connectivity index (χ3v) is 6.32. The molecule has 0 aliphatic carbocycles. The molecule has 8 nitrogen and oxygen atoms in total. The van der Waals surface area contributed by atoms with Crippen molar-refractivity contribution < 1.29 is 55.6 Å². The molecule has 0 aromatic heterocycles. The van der Waals surface area contributed by atoms with Crippen LogP contribution in [-0.2, 0) is 5.41 Å². The fourth-order valence-corrected chi connectivity index (χ4v) is 4.38. The zero-order chi connectivity index (χ0) is 31.7. The third kappa shape index (κ3) is 5.84. The van der Waals surface area contributed by atoms with Gasteiger partial charge in [0, 0.05) is 0 Å². The average molecular weight is 606 g/mol. The molecule has 4 rings (SSSR count). The first-order valence-electron chi connectivity index (χ1n) is 12.0. The summed E-state index contributed by atoms with van der Waals surface area (Å²) in [7, 11) is 0. The van der Waals surface area contributed by atoms with E-state index in [2.05, 4.69) is 0 Å². The highest BCUT2D eigenvalue weighted by Crippen LogP contribution is 2.57. The Hall–Kier alpha value is -5.40. The van der Waals surface area contributed by atoms with Crippen molar-refractivity contribution in [2.75, 3.05) is 11.5 Å². The van der Waals surface area contributed by atoms with Crippen LogP contribution in [0.2, 0.25) is 0 Å². The molecule has 0 aliphatic heterocycles. The van der Waals surface area contributed by atoms with E-state index < -0.39 is 63.5 Å².